The molecule has 12 bridgehead atoms. The topological polar surface area (TPSA) is 246 Å². The van der Waals surface area contributed by atoms with Gasteiger partial charge in [0.15, 0.2) is 12.6 Å². The minimum absolute atomic E-state index is 0.0156. The number of benzene rings is 12. The molecule has 26 heteroatoms. The van der Waals surface area contributed by atoms with Crippen LogP contribution < -0.4 is 0 Å². The van der Waals surface area contributed by atoms with Gasteiger partial charge in [-0.1, -0.05) is 374 Å². The van der Waals surface area contributed by atoms with Crippen LogP contribution in [0.2, 0.25) is 0 Å². The Labute approximate surface area is 816 Å². The van der Waals surface area contributed by atoms with Crippen molar-refractivity contribution in [1.29, 1.82) is 0 Å². The Morgan fingerprint density at radius 2 is 0.457 bits per heavy atom. The molecule has 4 fully saturated rings. The summed E-state index contributed by atoms with van der Waals surface area (Å²) in [5, 5.41) is 19.5. The van der Waals surface area contributed by atoms with E-state index < -0.39 is 110 Å². The first-order valence-electron chi connectivity index (χ1n) is 48.0. The maximum absolute atomic E-state index is 8.03. The molecular formula is C114H118N6O20. The summed E-state index contributed by atoms with van der Waals surface area (Å²) in [6, 6.07) is 120. The molecule has 0 aliphatic carbocycles. The molecule has 5 aliphatic rings. The SMILES string of the molecule is c1ccc(COC[C@@]23O[C@H]4O[C@H](Cn5cc(nn5)COC[C@H]5O[C@@](COCc6ccccc6)(O[C@H]6O[C@H](Cn7cc(nn7)COC[C@@H](O2)[C@@H](OCc2ccccc2)[C@@H]3OCc2ccccc2)[C@@H](OCc2ccccc2)[C@H](OCc2ccccc2)[C@H]6OCc2ccccc2)[C@@H](OCc2ccccc2)[C@@H]5OCc2ccccc2)[C@@H](OCc2ccccc2)[C@H](OCc2ccccc2)[C@H]4OCc2ccccc2)cc1. The van der Waals surface area contributed by atoms with E-state index in [1.165, 1.54) is 0 Å². The van der Waals surface area contributed by atoms with Crippen molar-refractivity contribution in [1.82, 2.24) is 30.0 Å². The molecule has 5 aliphatic heterocycles. The fourth-order valence-corrected chi connectivity index (χ4v) is 18.4. The summed E-state index contributed by atoms with van der Waals surface area (Å²) < 4.78 is 153. The second-order valence-corrected chi connectivity index (χ2v) is 35.6. The number of aromatic nitrogens is 6. The molecule has 0 radical (unpaired) electrons. The maximum atomic E-state index is 8.03. The Balaban J connectivity index is 0.758. The zero-order chi connectivity index (χ0) is 94.4. The number of hydrogen-bond acceptors (Lipinski definition) is 24. The van der Waals surface area contributed by atoms with Crippen molar-refractivity contribution in [2.75, 3.05) is 26.4 Å². The van der Waals surface area contributed by atoms with Crippen molar-refractivity contribution in [3.63, 3.8) is 0 Å². The Hall–Kier alpha value is -11.9. The monoisotopic (exact) mass is 1890 g/mol. The quantitative estimate of drug-likeness (QED) is 0.0349. The summed E-state index contributed by atoms with van der Waals surface area (Å²) >= 11 is 0. The molecule has 0 amide bonds. The highest BCUT2D eigenvalue weighted by Gasteiger charge is 2.64. The average Bonchev–Trinajstić information content (AvgIpc) is 1.60. The predicted octanol–water partition coefficient (Wildman–Crippen LogP) is 17.6. The summed E-state index contributed by atoms with van der Waals surface area (Å²) in [5.41, 5.74) is 11.6. The zero-order valence-electron chi connectivity index (χ0n) is 78.0. The molecule has 2 aromatic heterocycles. The van der Waals surface area contributed by atoms with Crippen LogP contribution in [0.1, 0.15) is 78.1 Å². The summed E-state index contributed by atoms with van der Waals surface area (Å²) in [7, 11) is 0. The highest BCUT2D eigenvalue weighted by atomic mass is 16.8. The van der Waals surface area contributed by atoms with E-state index in [1.807, 2.05) is 376 Å². The first-order valence-corrected chi connectivity index (χ1v) is 48.0. The third-order valence-electron chi connectivity index (χ3n) is 25.3. The smallest absolute Gasteiger partial charge is 0.224 e. The number of ether oxygens (including phenoxy) is 20. The molecule has 0 saturated carbocycles. The lowest BCUT2D eigenvalue weighted by molar-refractivity contribution is -0.397. The third kappa shape index (κ3) is 26.3. The molecular weight excluding hydrogens is 1770 g/mol. The Bertz CT molecular complexity index is 5560. The van der Waals surface area contributed by atoms with Crippen LogP contribution in [0.4, 0.5) is 0 Å². The summed E-state index contributed by atoms with van der Waals surface area (Å²) in [5.74, 6) is -3.89. The minimum atomic E-state index is -1.94. The Morgan fingerprint density at radius 3 is 0.714 bits per heavy atom. The van der Waals surface area contributed by atoms with E-state index >= 15 is 0 Å². The van der Waals surface area contributed by atoms with Gasteiger partial charge >= 0.3 is 0 Å². The van der Waals surface area contributed by atoms with Gasteiger partial charge in [-0.15, -0.1) is 10.2 Å². The van der Waals surface area contributed by atoms with Crippen molar-refractivity contribution in [2.24, 2.45) is 0 Å². The van der Waals surface area contributed by atoms with Gasteiger partial charge < -0.3 is 94.7 Å². The van der Waals surface area contributed by atoms with Crippen LogP contribution in [0.25, 0.3) is 0 Å². The van der Waals surface area contributed by atoms with Gasteiger partial charge in [0.2, 0.25) is 11.6 Å². The van der Waals surface area contributed by atoms with E-state index in [-0.39, 0.29) is 132 Å². The molecule has 7 heterocycles. The van der Waals surface area contributed by atoms with Crippen LogP contribution in [-0.4, -0.2) is 166 Å². The van der Waals surface area contributed by atoms with E-state index in [2.05, 4.69) is 0 Å². The van der Waals surface area contributed by atoms with Crippen molar-refractivity contribution in [3.05, 3.63) is 455 Å². The molecule has 26 nitrogen and oxygen atoms in total. The van der Waals surface area contributed by atoms with Gasteiger partial charge in [0, 0.05) is 0 Å². The van der Waals surface area contributed by atoms with Crippen LogP contribution in [0.15, 0.2) is 376 Å². The molecule has 0 unspecified atom stereocenters. The first-order chi connectivity index (χ1) is 69.3. The van der Waals surface area contributed by atoms with Gasteiger partial charge in [0.25, 0.3) is 0 Å². The first kappa shape index (κ1) is 97.0. The lowest BCUT2D eigenvalue weighted by Gasteiger charge is -2.48. The molecule has 140 heavy (non-hydrogen) atoms. The average molecular weight is 1890 g/mol. The van der Waals surface area contributed by atoms with Gasteiger partial charge in [-0.05, 0) is 66.8 Å². The van der Waals surface area contributed by atoms with Crippen LogP contribution in [0.3, 0.4) is 0 Å². The summed E-state index contributed by atoms with van der Waals surface area (Å²) in [6.45, 7) is 0.586. The molecule has 19 rings (SSSR count). The second-order valence-electron chi connectivity index (χ2n) is 35.6. The lowest BCUT2D eigenvalue weighted by atomic mass is 9.96. The molecule has 18 atom stereocenters. The summed E-state index contributed by atoms with van der Waals surface area (Å²) in [4.78, 5) is 0. The lowest BCUT2D eigenvalue weighted by Crippen LogP contribution is -2.64. The fourth-order valence-electron chi connectivity index (χ4n) is 18.4. The molecule has 4 saturated heterocycles. The molecule has 0 spiro atoms. The number of fused-ring (bicyclic) bond motifs is 12. The van der Waals surface area contributed by atoms with Gasteiger partial charge in [0.1, 0.15) is 110 Å². The Morgan fingerprint density at radius 1 is 0.236 bits per heavy atom. The van der Waals surface area contributed by atoms with Crippen molar-refractivity contribution in [2.45, 2.75) is 215 Å². The largest absolute Gasteiger partial charge is 0.372 e. The molecule has 14 aromatic rings. The summed E-state index contributed by atoms with van der Waals surface area (Å²) in [6.07, 6.45) is -13.3. The van der Waals surface area contributed by atoms with Crippen molar-refractivity contribution >= 4 is 0 Å². The number of hydrogen-bond donors (Lipinski definition) is 0. The third-order valence-corrected chi connectivity index (χ3v) is 25.3. The molecule has 0 N–H and O–H groups in total. The van der Waals surface area contributed by atoms with Gasteiger partial charge in [-0.3, -0.25) is 0 Å². The highest BCUT2D eigenvalue weighted by molar-refractivity contribution is 5.24. The predicted molar refractivity (Wildman–Crippen MR) is 516 cm³/mol. The standard InChI is InChI=1S/C114H118N6O20/c1-13-37-83(38-14-1)65-123-81-113-109(133-75-93-57-33-11-34-58-93)103(127-69-87-45-21-5-22-46-87)99(137-113)79-121-77-95-61-120(118-115-95)64-98-102(126-68-86-43-19-4-20-44-86)106(130-72-90-51-27-8-28-52-90)108(132-74-92-55-31-10-32-56-92)112(136-98)140-114(82-124-66-84-39-15-2-16-40-84)110(134-76-94-59-35-12-36-60-94)104(128-70-88-47-23-6-24-48-88)100(138-114)80-122-78-96-62-119(117-116-96)63-97-101(125-67-85-41-17-3-18-42-85)105(129-71-89-49-25-7-26-50-89)107(111(135-97)139-113)131-73-91-53-29-9-30-54-91/h1-62,97-112H,63-82H2/t97-,98-,99-,100-,101-,102-,103-,104-,105+,106+,107-,108-,109+,110+,111-,112-,113+,114+/m1/s1. The molecule has 12 aromatic carbocycles. The van der Waals surface area contributed by atoms with E-state index in [1.54, 1.807) is 9.36 Å². The van der Waals surface area contributed by atoms with Crippen LogP contribution in [-0.2, 0) is 200 Å². The Kier molecular flexibility index (Phi) is 34.3. The molecule has 724 valence electrons. The minimum Gasteiger partial charge on any atom is -0.372 e. The highest BCUT2D eigenvalue weighted by Crippen LogP contribution is 2.46. The normalized spacial score (nSPS) is 25.5. The fraction of sp³-hybridized carbons (Fsp3) is 0.333. The van der Waals surface area contributed by atoms with Crippen LogP contribution in [0.5, 0.6) is 0 Å². The second kappa shape index (κ2) is 49.5. The van der Waals surface area contributed by atoms with Gasteiger partial charge in [-0.25, -0.2) is 9.36 Å². The van der Waals surface area contributed by atoms with E-state index in [9.17, 15) is 0 Å². The van der Waals surface area contributed by atoms with Gasteiger partial charge in [-0.2, -0.15) is 0 Å². The van der Waals surface area contributed by atoms with Gasteiger partial charge in [0.05, 0.1) is 131 Å². The van der Waals surface area contributed by atoms with Crippen molar-refractivity contribution in [3.8, 4) is 0 Å². The van der Waals surface area contributed by atoms with Crippen molar-refractivity contribution < 1.29 is 94.7 Å². The maximum Gasteiger partial charge on any atom is 0.224 e. The van der Waals surface area contributed by atoms with Crippen LogP contribution >= 0.6 is 0 Å². The van der Waals surface area contributed by atoms with E-state index in [0.717, 1.165) is 66.8 Å². The number of rotatable bonds is 38. The zero-order valence-corrected chi connectivity index (χ0v) is 78.0. The van der Waals surface area contributed by atoms with Crippen LogP contribution in [0, 0.1) is 0 Å². The van der Waals surface area contributed by atoms with E-state index in [0.29, 0.717) is 11.4 Å². The van der Waals surface area contributed by atoms with E-state index in [4.69, 9.17) is 115 Å². The number of nitrogens with zero attached hydrogens (tertiary/aromatic N) is 6.